The number of fused-ring (bicyclic) bond motifs is 9. The first-order valence-electron chi connectivity index (χ1n) is 18.9. The lowest BCUT2D eigenvalue weighted by Crippen LogP contribution is -2.00. The van der Waals surface area contributed by atoms with Gasteiger partial charge in [-0.05, 0) is 59.2 Å². The Balaban J connectivity index is 1.05. The second kappa shape index (κ2) is 12.6. The van der Waals surface area contributed by atoms with Crippen molar-refractivity contribution in [3.8, 4) is 56.4 Å². The second-order valence-electron chi connectivity index (χ2n) is 14.3. The summed E-state index contributed by atoms with van der Waals surface area (Å²) in [5.41, 5.74) is 10.3. The van der Waals surface area contributed by atoms with Crippen LogP contribution in [0.1, 0.15) is 0 Å². The molecule has 4 heterocycles. The lowest BCUT2D eigenvalue weighted by Gasteiger charge is -2.10. The van der Waals surface area contributed by atoms with E-state index in [9.17, 15) is 0 Å². The number of furan rings is 2. The fourth-order valence-corrected chi connectivity index (χ4v) is 9.51. The van der Waals surface area contributed by atoms with Gasteiger partial charge in [0, 0.05) is 58.4 Å². The van der Waals surface area contributed by atoms with Crippen molar-refractivity contribution in [1.82, 2.24) is 15.0 Å². The van der Waals surface area contributed by atoms with Crippen LogP contribution in [-0.2, 0) is 0 Å². The molecule has 8 aromatic carbocycles. The quantitative estimate of drug-likeness (QED) is 0.175. The molecule has 0 spiro atoms. The summed E-state index contributed by atoms with van der Waals surface area (Å²) in [6.45, 7) is 0. The van der Waals surface area contributed by atoms with Gasteiger partial charge >= 0.3 is 0 Å². The normalized spacial score (nSPS) is 11.9. The molecule has 12 rings (SSSR count). The van der Waals surface area contributed by atoms with Crippen LogP contribution in [0.25, 0.3) is 120 Å². The zero-order valence-electron chi connectivity index (χ0n) is 30.3. The minimum Gasteiger partial charge on any atom is -0.456 e. The van der Waals surface area contributed by atoms with E-state index in [0.29, 0.717) is 17.5 Å². The summed E-state index contributed by atoms with van der Waals surface area (Å²) in [6, 6.07) is 60.9. The first-order valence-corrected chi connectivity index (χ1v) is 19.7. The summed E-state index contributed by atoms with van der Waals surface area (Å²) in [7, 11) is 0. The van der Waals surface area contributed by atoms with Crippen LogP contribution in [0.2, 0.25) is 0 Å². The lowest BCUT2D eigenvalue weighted by molar-refractivity contribution is 0.668. The monoisotopic (exact) mass is 747 g/mol. The zero-order valence-corrected chi connectivity index (χ0v) is 31.1. The van der Waals surface area contributed by atoms with Gasteiger partial charge in [-0.25, -0.2) is 15.0 Å². The molecule has 0 N–H and O–H groups in total. The predicted molar refractivity (Wildman–Crippen MR) is 234 cm³/mol. The van der Waals surface area contributed by atoms with Crippen LogP contribution in [0.4, 0.5) is 0 Å². The van der Waals surface area contributed by atoms with E-state index < -0.39 is 0 Å². The third-order valence-electron chi connectivity index (χ3n) is 10.9. The molecule has 0 unspecified atom stereocenters. The number of rotatable bonds is 5. The van der Waals surface area contributed by atoms with Crippen molar-refractivity contribution < 1.29 is 8.83 Å². The highest BCUT2D eigenvalue weighted by Crippen LogP contribution is 2.46. The SMILES string of the molecule is c1ccc(-c2nc(-c3ccccc3)nc(-c3cccc4c3oc3cc(-c5cc(-c6cccc7c6sc6ccccc67)c6c(c5)oc5ccccc56)ccc34)n2)cc1. The van der Waals surface area contributed by atoms with E-state index in [4.69, 9.17) is 23.8 Å². The van der Waals surface area contributed by atoms with Gasteiger partial charge in [-0.15, -0.1) is 11.3 Å². The van der Waals surface area contributed by atoms with Gasteiger partial charge in [-0.2, -0.15) is 0 Å². The fraction of sp³-hybridized carbons (Fsp3) is 0. The molecule has 0 saturated heterocycles. The average Bonchev–Trinajstić information content (AvgIpc) is 3.97. The number of hydrogen-bond donors (Lipinski definition) is 0. The van der Waals surface area contributed by atoms with E-state index in [-0.39, 0.29) is 0 Å². The maximum atomic E-state index is 6.81. The molecule has 4 aromatic heterocycles. The molecular formula is C51H29N3O2S. The Labute approximate surface area is 330 Å². The van der Waals surface area contributed by atoms with Gasteiger partial charge in [0.2, 0.25) is 0 Å². The number of para-hydroxylation sites is 2. The molecular weight excluding hydrogens is 719 g/mol. The molecule has 12 aromatic rings. The first-order chi connectivity index (χ1) is 28.2. The summed E-state index contributed by atoms with van der Waals surface area (Å²) in [5.74, 6) is 1.78. The molecule has 0 aliphatic carbocycles. The average molecular weight is 748 g/mol. The maximum Gasteiger partial charge on any atom is 0.167 e. The van der Waals surface area contributed by atoms with Crippen LogP contribution in [0.15, 0.2) is 185 Å². The fourth-order valence-electron chi connectivity index (χ4n) is 8.28. The third kappa shape index (κ3) is 5.12. The summed E-state index contributed by atoms with van der Waals surface area (Å²) < 4.78 is 16.0. The molecule has 6 heteroatoms. The highest BCUT2D eigenvalue weighted by atomic mass is 32.1. The smallest absolute Gasteiger partial charge is 0.167 e. The summed E-state index contributed by atoms with van der Waals surface area (Å²) in [5, 5.41) is 6.80. The standard InChI is InChI=1S/C51H29N3O2S/c1-3-13-30(14-4-1)49-52-50(31-15-5-2-6-16-31)54-51(53-49)40-22-11-19-36-34-26-25-32(28-43(34)56-47(36)40)33-27-41(46-39-18-7-9-23-42(39)55-44(46)29-33)38-21-12-20-37-35-17-8-10-24-45(35)57-48(37)38/h1-29H. The Morgan fingerprint density at radius 3 is 1.77 bits per heavy atom. The second-order valence-corrected chi connectivity index (χ2v) is 15.4. The molecule has 0 aliphatic heterocycles. The van der Waals surface area contributed by atoms with Gasteiger partial charge in [-0.3, -0.25) is 0 Å². The van der Waals surface area contributed by atoms with Gasteiger partial charge in [0.25, 0.3) is 0 Å². The summed E-state index contributed by atoms with van der Waals surface area (Å²) in [4.78, 5) is 14.9. The van der Waals surface area contributed by atoms with E-state index in [1.807, 2.05) is 90.2 Å². The maximum absolute atomic E-state index is 6.81. The highest BCUT2D eigenvalue weighted by Gasteiger charge is 2.21. The Morgan fingerprint density at radius 2 is 0.982 bits per heavy atom. The van der Waals surface area contributed by atoms with Gasteiger partial charge in [0.05, 0.1) is 5.56 Å². The molecule has 266 valence electrons. The van der Waals surface area contributed by atoms with Crippen molar-refractivity contribution in [3.63, 3.8) is 0 Å². The number of nitrogens with zero attached hydrogens (tertiary/aromatic N) is 3. The van der Waals surface area contributed by atoms with Gasteiger partial charge in [0.15, 0.2) is 17.5 Å². The van der Waals surface area contributed by atoms with Gasteiger partial charge in [0.1, 0.15) is 22.3 Å². The van der Waals surface area contributed by atoms with Crippen LogP contribution < -0.4 is 0 Å². The molecule has 5 nitrogen and oxygen atoms in total. The van der Waals surface area contributed by atoms with Crippen molar-refractivity contribution in [3.05, 3.63) is 176 Å². The van der Waals surface area contributed by atoms with Crippen molar-refractivity contribution in [2.45, 2.75) is 0 Å². The molecule has 0 fully saturated rings. The number of benzene rings is 8. The minimum absolute atomic E-state index is 0.558. The van der Waals surface area contributed by atoms with E-state index in [1.165, 1.54) is 25.7 Å². The third-order valence-corrected chi connectivity index (χ3v) is 12.2. The molecule has 0 aliphatic rings. The van der Waals surface area contributed by atoms with Crippen molar-refractivity contribution in [1.29, 1.82) is 0 Å². The molecule has 0 radical (unpaired) electrons. The molecule has 0 bridgehead atoms. The summed E-state index contributed by atoms with van der Waals surface area (Å²) in [6.07, 6.45) is 0. The van der Waals surface area contributed by atoms with Crippen molar-refractivity contribution in [2.24, 2.45) is 0 Å². The van der Waals surface area contributed by atoms with Crippen LogP contribution in [0.5, 0.6) is 0 Å². The van der Waals surface area contributed by atoms with E-state index in [0.717, 1.165) is 77.3 Å². The summed E-state index contributed by atoms with van der Waals surface area (Å²) >= 11 is 1.84. The topological polar surface area (TPSA) is 65.0 Å². The number of thiophene rings is 1. The first kappa shape index (κ1) is 31.9. The Morgan fingerprint density at radius 1 is 0.351 bits per heavy atom. The Hall–Kier alpha value is -7.41. The van der Waals surface area contributed by atoms with Gasteiger partial charge < -0.3 is 8.83 Å². The van der Waals surface area contributed by atoms with E-state index in [2.05, 4.69) is 97.1 Å². The highest BCUT2D eigenvalue weighted by molar-refractivity contribution is 7.26. The van der Waals surface area contributed by atoms with E-state index in [1.54, 1.807) is 0 Å². The lowest BCUT2D eigenvalue weighted by atomic mass is 9.93. The van der Waals surface area contributed by atoms with E-state index >= 15 is 0 Å². The Bertz CT molecular complexity index is 3470. The Kier molecular flexibility index (Phi) is 7.03. The van der Waals surface area contributed by atoms with Gasteiger partial charge in [-0.1, -0.05) is 133 Å². The predicted octanol–water partition coefficient (Wildman–Crippen LogP) is 14.4. The van der Waals surface area contributed by atoms with Crippen LogP contribution in [0.3, 0.4) is 0 Å². The van der Waals surface area contributed by atoms with Crippen molar-refractivity contribution >= 4 is 75.4 Å². The molecule has 0 amide bonds. The minimum atomic E-state index is 0.558. The molecule has 0 saturated carbocycles. The zero-order chi connectivity index (χ0) is 37.5. The molecule has 0 atom stereocenters. The number of aromatic nitrogens is 3. The van der Waals surface area contributed by atoms with Crippen LogP contribution in [0, 0.1) is 0 Å². The van der Waals surface area contributed by atoms with Crippen LogP contribution in [-0.4, -0.2) is 15.0 Å². The van der Waals surface area contributed by atoms with Crippen LogP contribution >= 0.6 is 11.3 Å². The van der Waals surface area contributed by atoms with Crippen molar-refractivity contribution in [2.75, 3.05) is 0 Å². The largest absolute Gasteiger partial charge is 0.456 e. The number of hydrogen-bond acceptors (Lipinski definition) is 6. The molecule has 57 heavy (non-hydrogen) atoms.